The molecule has 1 aromatic heterocycles. The van der Waals surface area contributed by atoms with Gasteiger partial charge in [-0.25, -0.2) is 0 Å². The molecule has 0 aliphatic carbocycles. The van der Waals surface area contributed by atoms with E-state index in [1.165, 1.54) is 0 Å². The van der Waals surface area contributed by atoms with E-state index >= 15 is 0 Å². The normalized spacial score (nSPS) is 9.80. The van der Waals surface area contributed by atoms with E-state index in [0.29, 0.717) is 28.6 Å². The summed E-state index contributed by atoms with van der Waals surface area (Å²) in [5.41, 5.74) is 1.08. The van der Waals surface area contributed by atoms with Crippen molar-refractivity contribution in [3.8, 4) is 6.07 Å². The molecule has 0 fully saturated rings. The Labute approximate surface area is 121 Å². The van der Waals surface area contributed by atoms with Crippen LogP contribution in [0, 0.1) is 11.3 Å². The van der Waals surface area contributed by atoms with Crippen molar-refractivity contribution in [1.82, 2.24) is 5.32 Å². The SMILES string of the molecule is N#Cc1ccc(NCC(=O)NCc2ccco2)cc1Cl. The van der Waals surface area contributed by atoms with Crippen molar-refractivity contribution < 1.29 is 9.21 Å². The van der Waals surface area contributed by atoms with Crippen LogP contribution in [0.5, 0.6) is 0 Å². The van der Waals surface area contributed by atoms with Gasteiger partial charge in [0.15, 0.2) is 0 Å². The number of nitrogens with zero attached hydrogens (tertiary/aromatic N) is 1. The highest BCUT2D eigenvalue weighted by atomic mass is 35.5. The Bertz CT molecular complexity index is 632. The third-order valence-corrected chi connectivity index (χ3v) is 2.90. The molecule has 0 aliphatic heterocycles. The lowest BCUT2D eigenvalue weighted by Gasteiger charge is -2.07. The number of anilines is 1. The van der Waals surface area contributed by atoms with Gasteiger partial charge in [0.05, 0.1) is 29.9 Å². The van der Waals surface area contributed by atoms with Crippen LogP contribution in [-0.2, 0) is 11.3 Å². The number of benzene rings is 1. The molecule has 0 unspecified atom stereocenters. The second-order valence-electron chi connectivity index (χ2n) is 4.02. The van der Waals surface area contributed by atoms with Gasteiger partial charge in [-0.1, -0.05) is 11.6 Å². The molecule has 2 rings (SSSR count). The molecule has 20 heavy (non-hydrogen) atoms. The van der Waals surface area contributed by atoms with Crippen LogP contribution < -0.4 is 10.6 Å². The first-order chi connectivity index (χ1) is 9.69. The lowest BCUT2D eigenvalue weighted by Crippen LogP contribution is -2.29. The number of carbonyl (C=O) groups excluding carboxylic acids is 1. The maximum Gasteiger partial charge on any atom is 0.239 e. The molecule has 0 saturated carbocycles. The zero-order valence-corrected chi connectivity index (χ0v) is 11.3. The standard InChI is InChI=1S/C14H12ClN3O2/c15-13-6-11(4-3-10(13)7-16)17-9-14(19)18-8-12-2-1-5-20-12/h1-6,17H,8-9H2,(H,18,19). The van der Waals surface area contributed by atoms with Crippen molar-refractivity contribution in [3.05, 3.63) is 52.9 Å². The van der Waals surface area contributed by atoms with Gasteiger partial charge >= 0.3 is 0 Å². The molecule has 0 bridgehead atoms. The number of amides is 1. The Hall–Kier alpha value is -2.45. The number of hydrogen-bond donors (Lipinski definition) is 2. The number of furan rings is 1. The smallest absolute Gasteiger partial charge is 0.239 e. The number of hydrogen-bond acceptors (Lipinski definition) is 4. The number of nitrogens with one attached hydrogen (secondary N) is 2. The van der Waals surface area contributed by atoms with Crippen LogP contribution in [0.4, 0.5) is 5.69 Å². The van der Waals surface area contributed by atoms with Crippen molar-refractivity contribution in [1.29, 1.82) is 5.26 Å². The third-order valence-electron chi connectivity index (χ3n) is 2.58. The summed E-state index contributed by atoms with van der Waals surface area (Å²) >= 11 is 5.90. The van der Waals surface area contributed by atoms with Gasteiger partial charge in [-0.05, 0) is 30.3 Å². The molecule has 2 aromatic rings. The van der Waals surface area contributed by atoms with Crippen molar-refractivity contribution in [2.24, 2.45) is 0 Å². The third kappa shape index (κ3) is 3.77. The lowest BCUT2D eigenvalue weighted by atomic mass is 10.2. The molecule has 0 atom stereocenters. The zero-order valence-electron chi connectivity index (χ0n) is 10.5. The molecular formula is C14H12ClN3O2. The van der Waals surface area contributed by atoms with E-state index < -0.39 is 0 Å². The van der Waals surface area contributed by atoms with E-state index in [4.69, 9.17) is 21.3 Å². The minimum absolute atomic E-state index is 0.114. The Morgan fingerprint density at radius 2 is 2.25 bits per heavy atom. The summed E-state index contributed by atoms with van der Waals surface area (Å²) in [6.45, 7) is 0.463. The summed E-state index contributed by atoms with van der Waals surface area (Å²) in [6, 6.07) is 10.4. The zero-order chi connectivity index (χ0) is 14.4. The van der Waals surface area contributed by atoms with Crippen molar-refractivity contribution in [2.45, 2.75) is 6.54 Å². The largest absolute Gasteiger partial charge is 0.467 e. The molecule has 2 N–H and O–H groups in total. The Morgan fingerprint density at radius 1 is 1.40 bits per heavy atom. The Kier molecular flexibility index (Phi) is 4.64. The molecule has 5 nitrogen and oxygen atoms in total. The van der Waals surface area contributed by atoms with Crippen LogP contribution in [0.3, 0.4) is 0 Å². The number of nitriles is 1. The molecule has 0 saturated heterocycles. The highest BCUT2D eigenvalue weighted by Gasteiger charge is 2.04. The van der Waals surface area contributed by atoms with E-state index in [1.807, 2.05) is 6.07 Å². The summed E-state index contributed by atoms with van der Waals surface area (Å²) in [5, 5.41) is 14.8. The van der Waals surface area contributed by atoms with Crippen LogP contribution in [0.1, 0.15) is 11.3 Å². The molecule has 1 aromatic carbocycles. The fourth-order valence-corrected chi connectivity index (χ4v) is 1.78. The second kappa shape index (κ2) is 6.64. The van der Waals surface area contributed by atoms with Gasteiger partial charge in [0.2, 0.25) is 5.91 Å². The van der Waals surface area contributed by atoms with Gasteiger partial charge in [0, 0.05) is 5.69 Å². The average molecular weight is 290 g/mol. The summed E-state index contributed by atoms with van der Waals surface area (Å²) in [6.07, 6.45) is 1.55. The van der Waals surface area contributed by atoms with E-state index in [9.17, 15) is 4.79 Å². The maximum absolute atomic E-state index is 11.6. The first-order valence-electron chi connectivity index (χ1n) is 5.91. The minimum atomic E-state index is -0.165. The molecule has 1 heterocycles. The molecular weight excluding hydrogens is 278 g/mol. The van der Waals surface area contributed by atoms with Crippen LogP contribution in [-0.4, -0.2) is 12.5 Å². The van der Waals surface area contributed by atoms with E-state index in [2.05, 4.69) is 10.6 Å². The second-order valence-corrected chi connectivity index (χ2v) is 4.42. The van der Waals surface area contributed by atoms with Crippen LogP contribution in [0.2, 0.25) is 5.02 Å². The van der Waals surface area contributed by atoms with Gasteiger partial charge in [-0.2, -0.15) is 5.26 Å². The monoisotopic (exact) mass is 289 g/mol. The van der Waals surface area contributed by atoms with Crippen molar-refractivity contribution >= 4 is 23.2 Å². The average Bonchev–Trinajstić information content (AvgIpc) is 2.96. The Morgan fingerprint density at radius 3 is 2.90 bits per heavy atom. The topological polar surface area (TPSA) is 78.1 Å². The molecule has 6 heteroatoms. The summed E-state index contributed by atoms with van der Waals surface area (Å²) < 4.78 is 5.10. The lowest BCUT2D eigenvalue weighted by molar-refractivity contribution is -0.119. The fraction of sp³-hybridized carbons (Fsp3) is 0.143. The summed E-state index contributed by atoms with van der Waals surface area (Å²) in [7, 11) is 0. The van der Waals surface area contributed by atoms with Crippen molar-refractivity contribution in [3.63, 3.8) is 0 Å². The predicted molar refractivity (Wildman–Crippen MR) is 75.2 cm³/mol. The van der Waals surface area contributed by atoms with E-state index in [1.54, 1.807) is 36.6 Å². The van der Waals surface area contributed by atoms with Gasteiger partial charge in [0.25, 0.3) is 0 Å². The highest BCUT2D eigenvalue weighted by Crippen LogP contribution is 2.19. The molecule has 0 spiro atoms. The van der Waals surface area contributed by atoms with Gasteiger partial charge < -0.3 is 15.1 Å². The first kappa shape index (κ1) is 14.0. The molecule has 0 radical (unpaired) electrons. The van der Waals surface area contributed by atoms with E-state index in [0.717, 1.165) is 0 Å². The van der Waals surface area contributed by atoms with E-state index in [-0.39, 0.29) is 12.5 Å². The molecule has 102 valence electrons. The van der Waals surface area contributed by atoms with Gasteiger partial charge in [-0.15, -0.1) is 0 Å². The number of halogens is 1. The van der Waals surface area contributed by atoms with Crippen molar-refractivity contribution in [2.75, 3.05) is 11.9 Å². The predicted octanol–water partition coefficient (Wildman–Crippen LogP) is 2.53. The minimum Gasteiger partial charge on any atom is -0.467 e. The summed E-state index contributed by atoms with van der Waals surface area (Å²) in [5.74, 6) is 0.529. The first-order valence-corrected chi connectivity index (χ1v) is 6.29. The fourth-order valence-electron chi connectivity index (χ4n) is 1.56. The number of rotatable bonds is 5. The quantitative estimate of drug-likeness (QED) is 0.886. The van der Waals surface area contributed by atoms with Gasteiger partial charge in [-0.3, -0.25) is 4.79 Å². The highest BCUT2D eigenvalue weighted by molar-refractivity contribution is 6.32. The molecule has 0 aliphatic rings. The van der Waals surface area contributed by atoms with Gasteiger partial charge in [0.1, 0.15) is 11.8 Å². The van der Waals surface area contributed by atoms with Crippen LogP contribution in [0.25, 0.3) is 0 Å². The maximum atomic E-state index is 11.6. The Balaban J connectivity index is 1.81. The van der Waals surface area contributed by atoms with Crippen LogP contribution >= 0.6 is 11.6 Å². The summed E-state index contributed by atoms with van der Waals surface area (Å²) in [4.78, 5) is 11.6. The molecule has 1 amide bonds. The van der Waals surface area contributed by atoms with Crippen LogP contribution in [0.15, 0.2) is 41.0 Å². The number of carbonyl (C=O) groups is 1.